The molecule has 2 heterocycles. The fraction of sp³-hybridized carbons (Fsp3) is 0.154. The summed E-state index contributed by atoms with van der Waals surface area (Å²) in [4.78, 5) is 20.4. The number of halogens is 2. The molecule has 0 radical (unpaired) electrons. The highest BCUT2D eigenvalue weighted by atomic mass is 79.9. The second kappa shape index (κ2) is 5.49. The van der Waals surface area contributed by atoms with Gasteiger partial charge in [0.15, 0.2) is 11.9 Å². The number of para-hydroxylation sites is 1. The first-order valence-electron chi connectivity index (χ1n) is 5.87. The zero-order chi connectivity index (χ0) is 14.1. The van der Waals surface area contributed by atoms with Crippen molar-refractivity contribution in [3.8, 4) is 5.75 Å². The van der Waals surface area contributed by atoms with Gasteiger partial charge in [-0.15, -0.1) is 0 Å². The summed E-state index contributed by atoms with van der Waals surface area (Å²) < 4.78 is 6.68. The van der Waals surface area contributed by atoms with Gasteiger partial charge in [0.25, 0.3) is 5.91 Å². The summed E-state index contributed by atoms with van der Waals surface area (Å²) in [6.45, 7) is 0. The van der Waals surface area contributed by atoms with E-state index in [1.165, 1.54) is 6.20 Å². The Labute approximate surface area is 132 Å². The number of benzene rings is 1. The standard InChI is InChI=1S/C13H9Br2N3O2/c14-10-6-16-12(11(15)17-10)18-13(19)9-5-7-3-1-2-4-8(7)20-9/h1-4,6,9H,5H2,(H,16,18,19). The maximum atomic E-state index is 12.2. The number of amides is 1. The third-order valence-electron chi connectivity index (χ3n) is 2.88. The Bertz CT molecular complexity index is 653. The van der Waals surface area contributed by atoms with Crippen molar-refractivity contribution in [1.29, 1.82) is 0 Å². The number of anilines is 1. The molecule has 7 heteroatoms. The van der Waals surface area contributed by atoms with Crippen LogP contribution in [-0.2, 0) is 11.2 Å². The molecule has 1 atom stereocenters. The predicted molar refractivity (Wildman–Crippen MR) is 80.6 cm³/mol. The fourth-order valence-corrected chi connectivity index (χ4v) is 2.87. The number of hydrogen-bond donors (Lipinski definition) is 1. The van der Waals surface area contributed by atoms with E-state index in [1.54, 1.807) is 0 Å². The minimum Gasteiger partial charge on any atom is -0.480 e. The highest BCUT2D eigenvalue weighted by Crippen LogP contribution is 2.29. The highest BCUT2D eigenvalue weighted by Gasteiger charge is 2.29. The van der Waals surface area contributed by atoms with Crippen LogP contribution < -0.4 is 10.1 Å². The molecule has 0 bridgehead atoms. The minimum atomic E-state index is -0.537. The van der Waals surface area contributed by atoms with E-state index in [4.69, 9.17) is 4.74 Å². The van der Waals surface area contributed by atoms with Crippen LogP contribution in [0.15, 0.2) is 39.7 Å². The van der Waals surface area contributed by atoms with Crippen molar-refractivity contribution in [2.75, 3.05) is 5.32 Å². The van der Waals surface area contributed by atoms with E-state index in [2.05, 4.69) is 47.1 Å². The van der Waals surface area contributed by atoms with E-state index < -0.39 is 6.10 Å². The zero-order valence-electron chi connectivity index (χ0n) is 10.1. The van der Waals surface area contributed by atoms with Crippen molar-refractivity contribution >= 4 is 43.6 Å². The fourth-order valence-electron chi connectivity index (χ4n) is 1.96. The van der Waals surface area contributed by atoms with Gasteiger partial charge in [0.1, 0.15) is 15.0 Å². The molecule has 1 unspecified atom stereocenters. The summed E-state index contributed by atoms with van der Waals surface area (Å²) in [5.74, 6) is 0.893. The third kappa shape index (κ3) is 2.69. The molecule has 1 amide bonds. The lowest BCUT2D eigenvalue weighted by Crippen LogP contribution is -2.32. The van der Waals surface area contributed by atoms with Gasteiger partial charge in [0, 0.05) is 6.42 Å². The molecule has 0 fully saturated rings. The average Bonchev–Trinajstić information content (AvgIpc) is 2.86. The third-order valence-corrected chi connectivity index (χ3v) is 3.82. The first-order valence-corrected chi connectivity index (χ1v) is 7.45. The quantitative estimate of drug-likeness (QED) is 0.844. The van der Waals surface area contributed by atoms with Crippen LogP contribution >= 0.6 is 31.9 Å². The number of carbonyl (C=O) groups excluding carboxylic acids is 1. The topological polar surface area (TPSA) is 64.1 Å². The van der Waals surface area contributed by atoms with Gasteiger partial charge in [-0.05, 0) is 43.5 Å². The van der Waals surface area contributed by atoms with E-state index in [0.29, 0.717) is 21.4 Å². The van der Waals surface area contributed by atoms with Crippen molar-refractivity contribution in [2.24, 2.45) is 0 Å². The summed E-state index contributed by atoms with van der Waals surface area (Å²) in [6, 6.07) is 7.63. The lowest BCUT2D eigenvalue weighted by molar-refractivity contribution is -0.122. The molecule has 0 saturated heterocycles. The van der Waals surface area contributed by atoms with Crippen LogP contribution in [0.4, 0.5) is 5.82 Å². The van der Waals surface area contributed by atoms with E-state index in [1.807, 2.05) is 24.3 Å². The maximum Gasteiger partial charge on any atom is 0.267 e. The normalized spacial score (nSPS) is 16.4. The number of rotatable bonds is 2. The molecule has 1 aliphatic rings. The lowest BCUT2D eigenvalue weighted by Gasteiger charge is -2.11. The molecular formula is C13H9Br2N3O2. The van der Waals surface area contributed by atoms with Crippen molar-refractivity contribution < 1.29 is 9.53 Å². The second-order valence-corrected chi connectivity index (χ2v) is 5.80. The van der Waals surface area contributed by atoms with E-state index in [9.17, 15) is 4.79 Å². The number of aromatic nitrogens is 2. The number of ether oxygens (including phenoxy) is 1. The van der Waals surface area contributed by atoms with Crippen LogP contribution in [0.2, 0.25) is 0 Å². The largest absolute Gasteiger partial charge is 0.480 e. The summed E-state index contributed by atoms with van der Waals surface area (Å²) in [6.07, 6.45) is 1.54. The van der Waals surface area contributed by atoms with Crippen LogP contribution in [0.1, 0.15) is 5.56 Å². The van der Waals surface area contributed by atoms with Crippen LogP contribution in [0.25, 0.3) is 0 Å². The monoisotopic (exact) mass is 397 g/mol. The SMILES string of the molecule is O=C(Nc1ncc(Br)nc1Br)C1Cc2ccccc2O1. The van der Waals surface area contributed by atoms with Gasteiger partial charge in [0.2, 0.25) is 0 Å². The van der Waals surface area contributed by atoms with Crippen molar-refractivity contribution in [1.82, 2.24) is 9.97 Å². The molecule has 0 saturated carbocycles. The summed E-state index contributed by atoms with van der Waals surface area (Å²) in [5, 5.41) is 2.71. The van der Waals surface area contributed by atoms with Gasteiger partial charge in [-0.25, -0.2) is 9.97 Å². The summed E-state index contributed by atoms with van der Waals surface area (Å²) in [5.41, 5.74) is 1.04. The number of nitrogens with zero attached hydrogens (tertiary/aromatic N) is 2. The van der Waals surface area contributed by atoms with Gasteiger partial charge >= 0.3 is 0 Å². The molecule has 1 aliphatic heterocycles. The molecule has 1 aromatic heterocycles. The first-order chi connectivity index (χ1) is 9.63. The lowest BCUT2D eigenvalue weighted by atomic mass is 10.1. The van der Waals surface area contributed by atoms with Gasteiger partial charge < -0.3 is 10.1 Å². The molecule has 0 spiro atoms. The Morgan fingerprint density at radius 2 is 2.15 bits per heavy atom. The molecule has 3 rings (SSSR count). The molecule has 102 valence electrons. The molecule has 2 aromatic rings. The molecule has 20 heavy (non-hydrogen) atoms. The summed E-state index contributed by atoms with van der Waals surface area (Å²) >= 11 is 6.46. The van der Waals surface area contributed by atoms with Crippen LogP contribution in [0.5, 0.6) is 5.75 Å². The minimum absolute atomic E-state index is 0.237. The Kier molecular flexibility index (Phi) is 3.71. The van der Waals surface area contributed by atoms with Crippen LogP contribution in [0, 0.1) is 0 Å². The van der Waals surface area contributed by atoms with Gasteiger partial charge in [0.05, 0.1) is 6.20 Å². The van der Waals surface area contributed by atoms with Gasteiger partial charge in [-0.2, -0.15) is 0 Å². The smallest absolute Gasteiger partial charge is 0.267 e. The molecule has 1 N–H and O–H groups in total. The van der Waals surface area contributed by atoms with Crippen molar-refractivity contribution in [2.45, 2.75) is 12.5 Å². The zero-order valence-corrected chi connectivity index (χ0v) is 13.3. The van der Waals surface area contributed by atoms with Crippen molar-refractivity contribution in [3.05, 3.63) is 45.2 Å². The first kappa shape index (κ1) is 13.5. The van der Waals surface area contributed by atoms with E-state index >= 15 is 0 Å². The second-order valence-electron chi connectivity index (χ2n) is 4.24. The summed E-state index contributed by atoms with van der Waals surface area (Å²) in [7, 11) is 0. The molecule has 1 aromatic carbocycles. The van der Waals surface area contributed by atoms with Crippen LogP contribution in [0.3, 0.4) is 0 Å². The highest BCUT2D eigenvalue weighted by molar-refractivity contribution is 9.11. The molecule has 5 nitrogen and oxygen atoms in total. The molecular weight excluding hydrogens is 390 g/mol. The Morgan fingerprint density at radius 1 is 1.35 bits per heavy atom. The number of hydrogen-bond acceptors (Lipinski definition) is 4. The van der Waals surface area contributed by atoms with Crippen molar-refractivity contribution in [3.63, 3.8) is 0 Å². The van der Waals surface area contributed by atoms with Gasteiger partial charge in [-0.1, -0.05) is 18.2 Å². The Balaban J connectivity index is 1.72. The van der Waals surface area contributed by atoms with E-state index in [-0.39, 0.29) is 5.91 Å². The number of carbonyl (C=O) groups is 1. The van der Waals surface area contributed by atoms with E-state index in [0.717, 1.165) is 11.3 Å². The maximum absolute atomic E-state index is 12.2. The van der Waals surface area contributed by atoms with Gasteiger partial charge in [-0.3, -0.25) is 4.79 Å². The average molecular weight is 399 g/mol. The number of fused-ring (bicyclic) bond motifs is 1. The number of nitrogens with one attached hydrogen (secondary N) is 1. The van der Waals surface area contributed by atoms with Crippen LogP contribution in [-0.4, -0.2) is 22.0 Å². The Morgan fingerprint density at radius 3 is 2.90 bits per heavy atom. The Hall–Kier alpha value is -1.47. The molecule has 0 aliphatic carbocycles. The predicted octanol–water partition coefficient (Wildman–Crippen LogP) is 2.94.